The van der Waals surface area contributed by atoms with E-state index >= 15 is 0 Å². The fourth-order valence-electron chi connectivity index (χ4n) is 2.70. The Balaban J connectivity index is 2.04. The zero-order valence-corrected chi connectivity index (χ0v) is 15.1. The lowest BCUT2D eigenvalue weighted by atomic mass is 10.0. The van der Waals surface area contributed by atoms with Crippen molar-refractivity contribution in [2.24, 2.45) is 0 Å². The van der Waals surface area contributed by atoms with Crippen molar-refractivity contribution >= 4 is 48.6 Å². The van der Waals surface area contributed by atoms with Gasteiger partial charge in [0.25, 0.3) is 0 Å². The lowest BCUT2D eigenvalue weighted by Crippen LogP contribution is -2.55. The topological polar surface area (TPSA) is 83.6 Å². The van der Waals surface area contributed by atoms with E-state index in [0.717, 1.165) is 0 Å². The highest BCUT2D eigenvalue weighted by Gasteiger charge is 2.43. The van der Waals surface area contributed by atoms with E-state index in [1.54, 1.807) is 11.9 Å². The molecule has 10 heteroatoms. The number of hydrogen-bond donors (Lipinski definition) is 1. The number of alkyl halides is 1. The van der Waals surface area contributed by atoms with E-state index in [1.807, 2.05) is 6.92 Å². The molecule has 2 aliphatic heterocycles. The third kappa shape index (κ3) is 3.80. The van der Waals surface area contributed by atoms with Gasteiger partial charge >= 0.3 is 0 Å². The maximum absolute atomic E-state index is 11.7. The van der Waals surface area contributed by atoms with Crippen molar-refractivity contribution < 1.29 is 16.8 Å². The van der Waals surface area contributed by atoms with Crippen molar-refractivity contribution in [2.45, 2.75) is 30.3 Å². The fraction of sp³-hybridized carbons (Fsp3) is 0.909. The Hall–Kier alpha value is -0.120. The van der Waals surface area contributed by atoms with Crippen molar-refractivity contribution in [1.29, 1.82) is 0 Å². The summed E-state index contributed by atoms with van der Waals surface area (Å²) in [5.41, 5.74) is -0.567. The summed E-state index contributed by atoms with van der Waals surface area (Å²) >= 11 is 11.3. The van der Waals surface area contributed by atoms with Gasteiger partial charge < -0.3 is 10.2 Å². The number of hydrogen-bond acceptors (Lipinski definition) is 5. The van der Waals surface area contributed by atoms with E-state index in [2.05, 4.69) is 5.32 Å². The predicted octanol–water partition coefficient (Wildman–Crippen LogP) is -0.226. The van der Waals surface area contributed by atoms with Crippen LogP contribution in [0.4, 0.5) is 0 Å². The molecule has 0 aliphatic carbocycles. The molecule has 3 atom stereocenters. The van der Waals surface area contributed by atoms with E-state index in [0.29, 0.717) is 11.5 Å². The normalized spacial score (nSPS) is 37.3. The van der Waals surface area contributed by atoms with Crippen LogP contribution in [0.25, 0.3) is 0 Å². The highest BCUT2D eigenvalue weighted by atomic mass is 35.5. The van der Waals surface area contributed by atoms with Crippen LogP contribution in [0.2, 0.25) is 0 Å². The molecular weight excluding hydrogens is 356 g/mol. The van der Waals surface area contributed by atoms with Crippen molar-refractivity contribution in [1.82, 2.24) is 10.2 Å². The van der Waals surface area contributed by atoms with E-state index < -0.39 is 36.6 Å². The molecule has 2 aliphatic rings. The molecule has 2 rings (SSSR count). The second kappa shape index (κ2) is 5.50. The Labute approximate surface area is 136 Å². The molecular formula is C11H19ClN2O4S3. The van der Waals surface area contributed by atoms with E-state index in [4.69, 9.17) is 23.8 Å². The van der Waals surface area contributed by atoms with Gasteiger partial charge in [-0.1, -0.05) is 0 Å². The first kappa shape index (κ1) is 17.2. The Morgan fingerprint density at radius 2 is 1.90 bits per heavy atom. The number of sulfone groups is 2. The van der Waals surface area contributed by atoms with E-state index in [9.17, 15) is 16.8 Å². The molecule has 0 aromatic heterocycles. The number of halogens is 1. The average molecular weight is 375 g/mol. The highest BCUT2D eigenvalue weighted by Crippen LogP contribution is 2.29. The van der Waals surface area contributed by atoms with Crippen molar-refractivity contribution in [3.05, 3.63) is 0 Å². The van der Waals surface area contributed by atoms with Gasteiger partial charge in [-0.25, -0.2) is 16.8 Å². The van der Waals surface area contributed by atoms with Gasteiger partial charge in [-0.15, -0.1) is 11.6 Å². The minimum Gasteiger partial charge on any atom is -0.357 e. The van der Waals surface area contributed by atoms with Gasteiger partial charge in [-0.2, -0.15) is 0 Å². The Morgan fingerprint density at radius 3 is 2.33 bits per heavy atom. The molecule has 21 heavy (non-hydrogen) atoms. The van der Waals surface area contributed by atoms with E-state index in [-0.39, 0.29) is 23.0 Å². The summed E-state index contributed by atoms with van der Waals surface area (Å²) in [5.74, 6) is 0.0757. The third-order valence-corrected chi connectivity index (χ3v) is 8.84. The summed E-state index contributed by atoms with van der Waals surface area (Å²) in [7, 11) is -4.45. The molecule has 0 amide bonds. The number of thiocarbonyl (C=S) groups is 1. The van der Waals surface area contributed by atoms with Crippen LogP contribution in [-0.4, -0.2) is 73.9 Å². The molecule has 122 valence electrons. The molecule has 2 saturated heterocycles. The summed E-state index contributed by atoms with van der Waals surface area (Å²) in [4.78, 5) is 1.71. The zero-order valence-electron chi connectivity index (χ0n) is 11.9. The molecule has 0 aromatic carbocycles. The Bertz CT molecular complexity index is 648. The second-order valence-electron chi connectivity index (χ2n) is 6.05. The molecule has 2 heterocycles. The lowest BCUT2D eigenvalue weighted by molar-refractivity contribution is 0.257. The summed E-state index contributed by atoms with van der Waals surface area (Å²) in [5, 5.41) is 2.77. The lowest BCUT2D eigenvalue weighted by Gasteiger charge is -2.37. The first-order valence-corrected chi connectivity index (χ1v) is 11.0. The van der Waals surface area contributed by atoms with Crippen LogP contribution in [0.15, 0.2) is 0 Å². The smallest absolute Gasteiger partial charge is 0.169 e. The van der Waals surface area contributed by atoms with Gasteiger partial charge in [0.2, 0.25) is 0 Å². The second-order valence-corrected chi connectivity index (χ2v) is 11.3. The minimum atomic E-state index is -3.14. The third-order valence-electron chi connectivity index (χ3n) is 4.19. The molecule has 0 aromatic rings. The van der Waals surface area contributed by atoms with Crippen molar-refractivity contribution in [3.63, 3.8) is 0 Å². The van der Waals surface area contributed by atoms with Crippen molar-refractivity contribution in [2.75, 3.05) is 30.1 Å². The van der Waals surface area contributed by atoms with Crippen LogP contribution in [-0.2, 0) is 19.7 Å². The molecule has 0 bridgehead atoms. The maximum Gasteiger partial charge on any atom is 0.169 e. The summed E-state index contributed by atoms with van der Waals surface area (Å²) in [6.45, 7) is 1.84. The maximum atomic E-state index is 11.7. The largest absolute Gasteiger partial charge is 0.357 e. The standard InChI is InChI=1S/C11H19ClN2O4S3/c1-11(3-4-20(15,16)7-11)14(2)10(19)13-9-6-21(17,18)5-8(9)12/h8-9H,3-7H2,1-2H3,(H,13,19). The first-order chi connectivity index (χ1) is 9.44. The van der Waals surface area contributed by atoms with E-state index in [1.165, 1.54) is 0 Å². The molecule has 0 saturated carbocycles. The van der Waals surface area contributed by atoms with Crippen LogP contribution >= 0.6 is 23.8 Å². The minimum absolute atomic E-state index is 0.0472. The number of nitrogens with zero attached hydrogens (tertiary/aromatic N) is 1. The number of nitrogens with one attached hydrogen (secondary N) is 1. The van der Waals surface area contributed by atoms with Gasteiger partial charge in [0.1, 0.15) is 0 Å². The molecule has 3 unspecified atom stereocenters. The predicted molar refractivity (Wildman–Crippen MR) is 87.3 cm³/mol. The summed E-state index contributed by atoms with van der Waals surface area (Å²) in [6, 6.07) is -0.437. The monoisotopic (exact) mass is 374 g/mol. The quantitative estimate of drug-likeness (QED) is 0.528. The van der Waals surface area contributed by atoms with Crippen LogP contribution in [0.1, 0.15) is 13.3 Å². The van der Waals surface area contributed by atoms with Gasteiger partial charge in [0.15, 0.2) is 24.8 Å². The Kier molecular flexibility index (Phi) is 4.52. The summed E-state index contributed by atoms with van der Waals surface area (Å²) in [6.07, 6.45) is 0.501. The molecule has 1 N–H and O–H groups in total. The zero-order chi connectivity index (χ0) is 16.1. The van der Waals surface area contributed by atoms with Crippen LogP contribution in [0.5, 0.6) is 0 Å². The SMILES string of the molecule is CN(C(=S)NC1CS(=O)(=O)CC1Cl)C1(C)CCS(=O)(=O)C1. The summed E-state index contributed by atoms with van der Waals surface area (Å²) < 4.78 is 46.4. The highest BCUT2D eigenvalue weighted by molar-refractivity contribution is 7.92. The van der Waals surface area contributed by atoms with Gasteiger partial charge in [-0.05, 0) is 25.6 Å². The van der Waals surface area contributed by atoms with Crippen LogP contribution in [0, 0.1) is 0 Å². The number of rotatable bonds is 2. The first-order valence-electron chi connectivity index (χ1n) is 6.53. The Morgan fingerprint density at radius 1 is 1.29 bits per heavy atom. The van der Waals surface area contributed by atoms with Gasteiger partial charge in [0.05, 0.1) is 40.0 Å². The van der Waals surface area contributed by atoms with Crippen molar-refractivity contribution in [3.8, 4) is 0 Å². The van der Waals surface area contributed by atoms with Crippen LogP contribution < -0.4 is 5.32 Å². The fourth-order valence-corrected chi connectivity index (χ4v) is 7.80. The van der Waals surface area contributed by atoms with Gasteiger partial charge in [-0.3, -0.25) is 0 Å². The van der Waals surface area contributed by atoms with Gasteiger partial charge in [0, 0.05) is 7.05 Å². The van der Waals surface area contributed by atoms with Crippen LogP contribution in [0.3, 0.4) is 0 Å². The molecule has 0 radical (unpaired) electrons. The molecule has 2 fully saturated rings. The molecule has 6 nitrogen and oxygen atoms in total. The average Bonchev–Trinajstić information content (AvgIpc) is 2.74. The molecule has 0 spiro atoms.